The first-order valence-electron chi connectivity index (χ1n) is 5.68. The molecule has 1 amide bonds. The van der Waals surface area contributed by atoms with Gasteiger partial charge in [0, 0.05) is 25.5 Å². The van der Waals surface area contributed by atoms with Crippen LogP contribution in [0, 0.1) is 0 Å². The third kappa shape index (κ3) is 3.98. The fraction of sp³-hybridized carbons (Fsp3) is 0.500. The van der Waals surface area contributed by atoms with Crippen molar-refractivity contribution in [2.75, 3.05) is 26.2 Å². The summed E-state index contributed by atoms with van der Waals surface area (Å²) in [5.41, 5.74) is 0.613. The van der Waals surface area contributed by atoms with E-state index < -0.39 is 0 Å². The summed E-state index contributed by atoms with van der Waals surface area (Å²) >= 11 is 0. The molecule has 1 rings (SSSR count). The standard InChI is InChI=1S/C12H19N3O/c1-3-15(4-2)9-8-14-12(16)11-6-5-7-13-10-11/h5-7,10H,3-4,8-9H2,1-2H3,(H,14,16). The second kappa shape index (κ2) is 6.95. The molecule has 0 fully saturated rings. The maximum absolute atomic E-state index is 11.6. The number of hydrogen-bond acceptors (Lipinski definition) is 3. The highest BCUT2D eigenvalue weighted by molar-refractivity contribution is 5.93. The lowest BCUT2D eigenvalue weighted by atomic mass is 10.3. The van der Waals surface area contributed by atoms with Crippen molar-refractivity contribution in [1.29, 1.82) is 0 Å². The molecule has 16 heavy (non-hydrogen) atoms. The minimum atomic E-state index is -0.0553. The van der Waals surface area contributed by atoms with Gasteiger partial charge in [0.25, 0.3) is 5.91 Å². The van der Waals surface area contributed by atoms with Gasteiger partial charge in [0.2, 0.25) is 0 Å². The number of likely N-dealkylation sites (N-methyl/N-ethyl adjacent to an activating group) is 1. The smallest absolute Gasteiger partial charge is 0.252 e. The zero-order valence-electron chi connectivity index (χ0n) is 9.94. The molecule has 88 valence electrons. The van der Waals surface area contributed by atoms with Crippen LogP contribution in [0.4, 0.5) is 0 Å². The van der Waals surface area contributed by atoms with Crippen molar-refractivity contribution in [3.05, 3.63) is 30.1 Å². The Morgan fingerprint density at radius 1 is 1.44 bits per heavy atom. The lowest BCUT2D eigenvalue weighted by Gasteiger charge is -2.17. The van der Waals surface area contributed by atoms with Gasteiger partial charge >= 0.3 is 0 Å². The van der Waals surface area contributed by atoms with Gasteiger partial charge in [-0.15, -0.1) is 0 Å². The molecule has 0 aliphatic heterocycles. The summed E-state index contributed by atoms with van der Waals surface area (Å²) in [6.07, 6.45) is 3.24. The molecule has 1 N–H and O–H groups in total. The molecule has 0 saturated carbocycles. The van der Waals surface area contributed by atoms with Gasteiger partial charge in [-0.3, -0.25) is 9.78 Å². The number of rotatable bonds is 6. The minimum absolute atomic E-state index is 0.0553. The Balaban J connectivity index is 2.31. The third-order valence-corrected chi connectivity index (χ3v) is 2.53. The van der Waals surface area contributed by atoms with Crippen LogP contribution in [0.1, 0.15) is 24.2 Å². The summed E-state index contributed by atoms with van der Waals surface area (Å²) in [4.78, 5) is 17.8. The second-order valence-electron chi connectivity index (χ2n) is 3.52. The zero-order valence-corrected chi connectivity index (χ0v) is 9.94. The first kappa shape index (κ1) is 12.6. The van der Waals surface area contributed by atoms with Crippen molar-refractivity contribution in [3.8, 4) is 0 Å². The number of carbonyl (C=O) groups excluding carboxylic acids is 1. The van der Waals surface area contributed by atoms with Crippen molar-refractivity contribution >= 4 is 5.91 Å². The summed E-state index contributed by atoms with van der Waals surface area (Å²) < 4.78 is 0. The quantitative estimate of drug-likeness (QED) is 0.784. The van der Waals surface area contributed by atoms with Crippen molar-refractivity contribution in [2.45, 2.75) is 13.8 Å². The number of hydrogen-bond donors (Lipinski definition) is 1. The molecular formula is C12H19N3O. The van der Waals surface area contributed by atoms with E-state index in [9.17, 15) is 4.79 Å². The molecule has 4 heteroatoms. The third-order valence-electron chi connectivity index (χ3n) is 2.53. The number of aromatic nitrogens is 1. The van der Waals surface area contributed by atoms with Gasteiger partial charge in [-0.2, -0.15) is 0 Å². The predicted octanol–water partition coefficient (Wildman–Crippen LogP) is 1.15. The first-order chi connectivity index (χ1) is 7.77. The summed E-state index contributed by atoms with van der Waals surface area (Å²) in [7, 11) is 0. The van der Waals surface area contributed by atoms with E-state index in [0.29, 0.717) is 12.1 Å². The molecule has 0 unspecified atom stereocenters. The molecule has 0 saturated heterocycles. The largest absolute Gasteiger partial charge is 0.351 e. The van der Waals surface area contributed by atoms with Crippen LogP contribution in [0.15, 0.2) is 24.5 Å². The van der Waals surface area contributed by atoms with E-state index in [2.05, 4.69) is 29.0 Å². The number of carbonyl (C=O) groups is 1. The molecule has 1 aromatic rings. The number of pyridine rings is 1. The Bertz CT molecular complexity index is 309. The average Bonchev–Trinajstić information content (AvgIpc) is 2.35. The van der Waals surface area contributed by atoms with Crippen LogP contribution < -0.4 is 5.32 Å². The van der Waals surface area contributed by atoms with Crippen molar-refractivity contribution in [2.24, 2.45) is 0 Å². The molecule has 0 aliphatic carbocycles. The molecule has 0 radical (unpaired) electrons. The van der Waals surface area contributed by atoms with Crippen molar-refractivity contribution < 1.29 is 4.79 Å². The fourth-order valence-corrected chi connectivity index (χ4v) is 1.47. The van der Waals surface area contributed by atoms with Crippen LogP contribution >= 0.6 is 0 Å². The highest BCUT2D eigenvalue weighted by Gasteiger charge is 2.04. The van der Waals surface area contributed by atoms with Crippen LogP contribution in [0.25, 0.3) is 0 Å². The molecule has 0 spiro atoms. The van der Waals surface area contributed by atoms with Crippen LogP contribution in [0.3, 0.4) is 0 Å². The van der Waals surface area contributed by atoms with Crippen molar-refractivity contribution in [3.63, 3.8) is 0 Å². The summed E-state index contributed by atoms with van der Waals surface area (Å²) in [6.45, 7) is 7.83. The Morgan fingerprint density at radius 2 is 2.19 bits per heavy atom. The van der Waals surface area contributed by atoms with Crippen LogP contribution in [0.5, 0.6) is 0 Å². The lowest BCUT2D eigenvalue weighted by molar-refractivity contribution is 0.0948. The van der Waals surface area contributed by atoms with E-state index in [-0.39, 0.29) is 5.91 Å². The molecule has 1 aromatic heterocycles. The first-order valence-corrected chi connectivity index (χ1v) is 5.68. The van der Waals surface area contributed by atoms with Gasteiger partial charge in [0.05, 0.1) is 5.56 Å². The second-order valence-corrected chi connectivity index (χ2v) is 3.52. The van der Waals surface area contributed by atoms with Gasteiger partial charge in [-0.25, -0.2) is 0 Å². The Hall–Kier alpha value is -1.42. The molecule has 0 aliphatic rings. The van der Waals surface area contributed by atoms with Gasteiger partial charge < -0.3 is 10.2 Å². The molecule has 0 bridgehead atoms. The fourth-order valence-electron chi connectivity index (χ4n) is 1.47. The predicted molar refractivity (Wildman–Crippen MR) is 64.4 cm³/mol. The summed E-state index contributed by atoms with van der Waals surface area (Å²) in [6, 6.07) is 3.53. The highest BCUT2D eigenvalue weighted by Crippen LogP contribution is 1.94. The van der Waals surface area contributed by atoms with Gasteiger partial charge in [0.1, 0.15) is 0 Å². The van der Waals surface area contributed by atoms with Crippen LogP contribution in [-0.2, 0) is 0 Å². The average molecular weight is 221 g/mol. The molecule has 4 nitrogen and oxygen atoms in total. The van der Waals surface area contributed by atoms with Crippen LogP contribution in [0.2, 0.25) is 0 Å². The van der Waals surface area contributed by atoms with E-state index in [4.69, 9.17) is 0 Å². The van der Waals surface area contributed by atoms with E-state index >= 15 is 0 Å². The summed E-state index contributed by atoms with van der Waals surface area (Å²) in [5, 5.41) is 2.88. The maximum Gasteiger partial charge on any atom is 0.252 e. The Morgan fingerprint density at radius 3 is 2.75 bits per heavy atom. The number of nitrogens with zero attached hydrogens (tertiary/aromatic N) is 2. The van der Waals surface area contributed by atoms with Gasteiger partial charge in [-0.1, -0.05) is 13.8 Å². The number of amides is 1. The maximum atomic E-state index is 11.6. The summed E-state index contributed by atoms with van der Waals surface area (Å²) in [5.74, 6) is -0.0553. The van der Waals surface area contributed by atoms with E-state index in [1.165, 1.54) is 0 Å². The molecule has 0 atom stereocenters. The topological polar surface area (TPSA) is 45.2 Å². The number of nitrogens with one attached hydrogen (secondary N) is 1. The molecule has 1 heterocycles. The van der Waals surface area contributed by atoms with E-state index in [1.807, 2.05) is 0 Å². The zero-order chi connectivity index (χ0) is 11.8. The highest BCUT2D eigenvalue weighted by atomic mass is 16.1. The normalized spacial score (nSPS) is 10.4. The van der Waals surface area contributed by atoms with Gasteiger partial charge in [-0.05, 0) is 25.2 Å². The minimum Gasteiger partial charge on any atom is -0.351 e. The lowest BCUT2D eigenvalue weighted by Crippen LogP contribution is -2.34. The van der Waals surface area contributed by atoms with E-state index in [1.54, 1.807) is 24.5 Å². The molecule has 0 aromatic carbocycles. The molecular weight excluding hydrogens is 202 g/mol. The SMILES string of the molecule is CCN(CC)CCNC(=O)c1cccnc1. The van der Waals surface area contributed by atoms with Crippen molar-refractivity contribution in [1.82, 2.24) is 15.2 Å². The van der Waals surface area contributed by atoms with Crippen LogP contribution in [-0.4, -0.2) is 42.0 Å². The van der Waals surface area contributed by atoms with E-state index in [0.717, 1.165) is 19.6 Å². The van der Waals surface area contributed by atoms with Gasteiger partial charge in [0.15, 0.2) is 0 Å². The Labute approximate surface area is 96.7 Å². The Kier molecular flexibility index (Phi) is 5.50. The monoisotopic (exact) mass is 221 g/mol.